The average Bonchev–Trinajstić information content (AvgIpc) is 2.27. The third-order valence-electron chi connectivity index (χ3n) is 3.94. The van der Waals surface area contributed by atoms with Crippen molar-refractivity contribution in [3.8, 4) is 0 Å². The van der Waals surface area contributed by atoms with E-state index in [1.54, 1.807) is 0 Å². The molecule has 0 N–H and O–H groups in total. The Morgan fingerprint density at radius 2 is 1.94 bits per heavy atom. The van der Waals surface area contributed by atoms with E-state index in [0.29, 0.717) is 5.78 Å². The monoisotopic (exact) mass is 230 g/mol. The van der Waals surface area contributed by atoms with Crippen molar-refractivity contribution in [3.63, 3.8) is 0 Å². The molecule has 2 rings (SSSR count). The number of rotatable bonds is 5. The van der Waals surface area contributed by atoms with Crippen LogP contribution in [0.4, 0.5) is 0 Å². The number of carbonyl (C=O) groups is 1. The minimum Gasteiger partial charge on any atom is -0.294 e. The van der Waals surface area contributed by atoms with Gasteiger partial charge in [-0.1, -0.05) is 51.0 Å². The van der Waals surface area contributed by atoms with Crippen LogP contribution in [-0.2, 0) is 0 Å². The maximum absolute atomic E-state index is 12.1. The van der Waals surface area contributed by atoms with Gasteiger partial charge in [0.05, 0.1) is 0 Å². The van der Waals surface area contributed by atoms with E-state index in [1.807, 2.05) is 19.1 Å². The van der Waals surface area contributed by atoms with E-state index >= 15 is 0 Å². The van der Waals surface area contributed by atoms with Crippen molar-refractivity contribution in [1.82, 2.24) is 0 Å². The highest BCUT2D eigenvalue weighted by atomic mass is 16.1. The van der Waals surface area contributed by atoms with Crippen molar-refractivity contribution in [2.45, 2.75) is 51.9 Å². The van der Waals surface area contributed by atoms with Crippen LogP contribution in [0.15, 0.2) is 24.3 Å². The molecule has 0 aromatic heterocycles. The van der Waals surface area contributed by atoms with Crippen molar-refractivity contribution in [2.24, 2.45) is 5.92 Å². The zero-order valence-electron chi connectivity index (χ0n) is 10.9. The summed E-state index contributed by atoms with van der Waals surface area (Å²) in [5, 5.41) is 0. The number of carbonyl (C=O) groups excluding carboxylic acids is 1. The molecular formula is C16H22O. The van der Waals surface area contributed by atoms with Gasteiger partial charge in [0.2, 0.25) is 0 Å². The lowest BCUT2D eigenvalue weighted by molar-refractivity contribution is 0.0923. The Balaban J connectivity index is 2.03. The standard InChI is InChI=1S/C16H22O/c1-3-5-12(2)16(17)15-10-8-14(9-11-15)13-6-4-7-13/h8-13H,3-7H2,1-2H3. The Kier molecular flexibility index (Phi) is 3.98. The van der Waals surface area contributed by atoms with Crippen LogP contribution in [0.2, 0.25) is 0 Å². The molecule has 1 aliphatic rings. The summed E-state index contributed by atoms with van der Waals surface area (Å²) in [5.41, 5.74) is 2.30. The number of hydrogen-bond acceptors (Lipinski definition) is 1. The first-order chi connectivity index (χ1) is 8.22. The molecule has 0 aliphatic heterocycles. The van der Waals surface area contributed by atoms with Gasteiger partial charge in [-0.05, 0) is 30.7 Å². The Bertz CT molecular complexity index is 373. The average molecular weight is 230 g/mol. The van der Waals surface area contributed by atoms with Gasteiger partial charge in [-0.3, -0.25) is 4.79 Å². The summed E-state index contributed by atoms with van der Waals surface area (Å²) in [4.78, 5) is 12.1. The van der Waals surface area contributed by atoms with E-state index < -0.39 is 0 Å². The summed E-state index contributed by atoms with van der Waals surface area (Å²) in [6.45, 7) is 4.16. The highest BCUT2D eigenvalue weighted by Crippen LogP contribution is 2.36. The second-order valence-electron chi connectivity index (χ2n) is 5.30. The smallest absolute Gasteiger partial charge is 0.165 e. The van der Waals surface area contributed by atoms with E-state index in [1.165, 1.54) is 24.8 Å². The van der Waals surface area contributed by atoms with Gasteiger partial charge in [0, 0.05) is 11.5 Å². The molecule has 0 radical (unpaired) electrons. The molecule has 17 heavy (non-hydrogen) atoms. The topological polar surface area (TPSA) is 17.1 Å². The number of hydrogen-bond donors (Lipinski definition) is 0. The molecule has 1 unspecified atom stereocenters. The molecule has 0 bridgehead atoms. The van der Waals surface area contributed by atoms with Gasteiger partial charge in [0.15, 0.2) is 5.78 Å². The van der Waals surface area contributed by atoms with Gasteiger partial charge in [-0.15, -0.1) is 0 Å². The first-order valence-corrected chi connectivity index (χ1v) is 6.86. The third kappa shape index (κ3) is 2.77. The van der Waals surface area contributed by atoms with Gasteiger partial charge in [-0.25, -0.2) is 0 Å². The normalized spacial score (nSPS) is 17.5. The van der Waals surface area contributed by atoms with Crippen LogP contribution in [0.1, 0.15) is 67.8 Å². The molecule has 1 atom stereocenters. The van der Waals surface area contributed by atoms with Crippen LogP contribution < -0.4 is 0 Å². The maximum atomic E-state index is 12.1. The lowest BCUT2D eigenvalue weighted by Gasteiger charge is -2.25. The molecule has 0 amide bonds. The maximum Gasteiger partial charge on any atom is 0.165 e. The van der Waals surface area contributed by atoms with E-state index in [-0.39, 0.29) is 5.92 Å². The van der Waals surface area contributed by atoms with Gasteiger partial charge in [0.1, 0.15) is 0 Å². The van der Waals surface area contributed by atoms with Crippen LogP contribution in [0, 0.1) is 5.92 Å². The van der Waals surface area contributed by atoms with Crippen molar-refractivity contribution >= 4 is 5.78 Å². The number of benzene rings is 1. The fourth-order valence-electron chi connectivity index (χ4n) is 2.51. The van der Waals surface area contributed by atoms with Crippen LogP contribution in [0.25, 0.3) is 0 Å². The third-order valence-corrected chi connectivity index (χ3v) is 3.94. The van der Waals surface area contributed by atoms with Gasteiger partial charge in [0.25, 0.3) is 0 Å². The van der Waals surface area contributed by atoms with Gasteiger partial charge >= 0.3 is 0 Å². The van der Waals surface area contributed by atoms with E-state index in [2.05, 4.69) is 19.1 Å². The first kappa shape index (κ1) is 12.3. The second kappa shape index (κ2) is 5.48. The predicted molar refractivity (Wildman–Crippen MR) is 71.4 cm³/mol. The quantitative estimate of drug-likeness (QED) is 0.677. The second-order valence-corrected chi connectivity index (χ2v) is 5.30. The van der Waals surface area contributed by atoms with Crippen molar-refractivity contribution in [2.75, 3.05) is 0 Å². The van der Waals surface area contributed by atoms with Gasteiger partial charge in [-0.2, -0.15) is 0 Å². The molecule has 92 valence electrons. The fraction of sp³-hybridized carbons (Fsp3) is 0.562. The minimum absolute atomic E-state index is 0.162. The lowest BCUT2D eigenvalue weighted by atomic mass is 9.79. The fourth-order valence-corrected chi connectivity index (χ4v) is 2.51. The molecule has 1 saturated carbocycles. The minimum atomic E-state index is 0.162. The summed E-state index contributed by atoms with van der Waals surface area (Å²) in [6, 6.07) is 8.33. The summed E-state index contributed by atoms with van der Waals surface area (Å²) in [6.07, 6.45) is 6.06. The molecule has 1 aromatic rings. The largest absolute Gasteiger partial charge is 0.294 e. The van der Waals surface area contributed by atoms with E-state index in [9.17, 15) is 4.79 Å². The van der Waals surface area contributed by atoms with E-state index in [4.69, 9.17) is 0 Å². The highest BCUT2D eigenvalue weighted by molar-refractivity contribution is 5.97. The molecule has 1 aliphatic carbocycles. The van der Waals surface area contributed by atoms with Gasteiger partial charge < -0.3 is 0 Å². The number of ketones is 1. The molecule has 0 heterocycles. The molecule has 1 heteroatoms. The molecular weight excluding hydrogens is 208 g/mol. The Hall–Kier alpha value is -1.11. The number of Topliss-reactive ketones (excluding diaryl/α,β-unsaturated/α-hetero) is 1. The molecule has 1 nitrogen and oxygen atoms in total. The summed E-state index contributed by atoms with van der Waals surface area (Å²) in [5.74, 6) is 1.22. The van der Waals surface area contributed by atoms with Crippen LogP contribution in [0.3, 0.4) is 0 Å². The summed E-state index contributed by atoms with van der Waals surface area (Å²) < 4.78 is 0. The summed E-state index contributed by atoms with van der Waals surface area (Å²) in [7, 11) is 0. The Morgan fingerprint density at radius 3 is 2.41 bits per heavy atom. The Morgan fingerprint density at radius 1 is 1.29 bits per heavy atom. The van der Waals surface area contributed by atoms with Crippen LogP contribution in [0.5, 0.6) is 0 Å². The molecule has 1 fully saturated rings. The lowest BCUT2D eigenvalue weighted by Crippen LogP contribution is -2.12. The predicted octanol–water partition coefficient (Wildman–Crippen LogP) is 4.57. The van der Waals surface area contributed by atoms with Crippen molar-refractivity contribution in [1.29, 1.82) is 0 Å². The summed E-state index contributed by atoms with van der Waals surface area (Å²) >= 11 is 0. The van der Waals surface area contributed by atoms with Crippen molar-refractivity contribution in [3.05, 3.63) is 35.4 Å². The first-order valence-electron chi connectivity index (χ1n) is 6.86. The zero-order chi connectivity index (χ0) is 12.3. The van der Waals surface area contributed by atoms with E-state index in [0.717, 1.165) is 24.3 Å². The van der Waals surface area contributed by atoms with Crippen LogP contribution >= 0.6 is 0 Å². The molecule has 0 saturated heterocycles. The van der Waals surface area contributed by atoms with Crippen molar-refractivity contribution < 1.29 is 4.79 Å². The Labute approximate surface area is 104 Å². The SMILES string of the molecule is CCCC(C)C(=O)c1ccc(C2CCC2)cc1. The zero-order valence-corrected chi connectivity index (χ0v) is 10.9. The highest BCUT2D eigenvalue weighted by Gasteiger charge is 2.20. The molecule has 0 spiro atoms. The molecule has 1 aromatic carbocycles. The van der Waals surface area contributed by atoms with Crippen LogP contribution in [-0.4, -0.2) is 5.78 Å².